The normalized spacial score (nSPS) is 21.3. The van der Waals surface area contributed by atoms with Crippen molar-refractivity contribution in [3.63, 3.8) is 0 Å². The van der Waals surface area contributed by atoms with Gasteiger partial charge in [0.1, 0.15) is 0 Å². The molecule has 2 aromatic rings. The maximum absolute atomic E-state index is 13.8. The molecule has 0 saturated carbocycles. The van der Waals surface area contributed by atoms with Gasteiger partial charge in [-0.15, -0.1) is 11.3 Å². The zero-order valence-corrected chi connectivity index (χ0v) is 17.2. The average Bonchev–Trinajstić information content (AvgIpc) is 3.27. The highest BCUT2D eigenvalue weighted by molar-refractivity contribution is 7.10. The van der Waals surface area contributed by atoms with E-state index in [1.807, 2.05) is 24.3 Å². The van der Waals surface area contributed by atoms with Crippen molar-refractivity contribution in [3.05, 3.63) is 57.8 Å². The first-order chi connectivity index (χ1) is 13.7. The van der Waals surface area contributed by atoms with Crippen LogP contribution in [0, 0.1) is 6.92 Å². The lowest BCUT2D eigenvalue weighted by atomic mass is 9.93. The Morgan fingerprint density at radius 1 is 0.929 bits per heavy atom. The number of morpholine rings is 2. The van der Waals surface area contributed by atoms with Gasteiger partial charge in [-0.25, -0.2) is 0 Å². The van der Waals surface area contributed by atoms with E-state index in [0.29, 0.717) is 13.2 Å². The van der Waals surface area contributed by atoms with Crippen LogP contribution in [0.25, 0.3) is 0 Å². The monoisotopic (exact) mass is 400 g/mol. The third kappa shape index (κ3) is 4.36. The first-order valence-corrected chi connectivity index (χ1v) is 10.9. The number of hydrogen-bond acceptors (Lipinski definition) is 6. The molecule has 0 amide bonds. The van der Waals surface area contributed by atoms with Crippen LogP contribution in [0.3, 0.4) is 0 Å². The largest absolute Gasteiger partial charge is 0.379 e. The van der Waals surface area contributed by atoms with Crippen LogP contribution >= 0.6 is 11.3 Å². The predicted molar refractivity (Wildman–Crippen MR) is 111 cm³/mol. The van der Waals surface area contributed by atoms with E-state index in [9.17, 15) is 4.79 Å². The van der Waals surface area contributed by atoms with Crippen molar-refractivity contribution in [2.75, 3.05) is 52.6 Å². The summed E-state index contributed by atoms with van der Waals surface area (Å²) in [6.07, 6.45) is 0. The molecule has 5 nitrogen and oxygen atoms in total. The minimum absolute atomic E-state index is 0.0378. The van der Waals surface area contributed by atoms with Crippen molar-refractivity contribution in [3.8, 4) is 0 Å². The van der Waals surface area contributed by atoms with Gasteiger partial charge in [-0.1, -0.05) is 35.9 Å². The Morgan fingerprint density at radius 3 is 2.11 bits per heavy atom. The van der Waals surface area contributed by atoms with E-state index in [2.05, 4.69) is 34.2 Å². The Kier molecular flexibility index (Phi) is 6.54. The van der Waals surface area contributed by atoms with Gasteiger partial charge in [0.2, 0.25) is 0 Å². The molecule has 4 rings (SSSR count). The second kappa shape index (κ2) is 9.29. The van der Waals surface area contributed by atoms with Gasteiger partial charge >= 0.3 is 0 Å². The van der Waals surface area contributed by atoms with Gasteiger partial charge in [0.05, 0.1) is 38.5 Å². The fraction of sp³-hybridized carbons (Fsp3) is 0.500. The third-order valence-electron chi connectivity index (χ3n) is 5.62. The van der Waals surface area contributed by atoms with Crippen LogP contribution in [-0.4, -0.2) is 74.2 Å². The molecular formula is C22H28N2O3S. The molecule has 6 heteroatoms. The molecule has 3 heterocycles. The van der Waals surface area contributed by atoms with Crippen LogP contribution in [0.1, 0.15) is 26.8 Å². The smallest absolute Gasteiger partial charge is 0.181 e. The van der Waals surface area contributed by atoms with E-state index in [4.69, 9.17) is 9.47 Å². The number of ketones is 1. The number of thiophene rings is 1. The first kappa shape index (κ1) is 19.7. The summed E-state index contributed by atoms with van der Waals surface area (Å²) < 4.78 is 11.2. The van der Waals surface area contributed by atoms with Gasteiger partial charge in [0, 0.05) is 36.6 Å². The fourth-order valence-corrected chi connectivity index (χ4v) is 4.99. The molecule has 2 fully saturated rings. The van der Waals surface area contributed by atoms with Crippen molar-refractivity contribution in [2.45, 2.75) is 19.0 Å². The van der Waals surface area contributed by atoms with Crippen LogP contribution < -0.4 is 0 Å². The summed E-state index contributed by atoms with van der Waals surface area (Å²) in [5, 5.41) is 2.11. The van der Waals surface area contributed by atoms with E-state index in [-0.39, 0.29) is 17.9 Å². The summed E-state index contributed by atoms with van der Waals surface area (Å²) in [5.74, 6) is 0.201. The number of benzene rings is 1. The summed E-state index contributed by atoms with van der Waals surface area (Å²) in [5.41, 5.74) is 1.96. The van der Waals surface area contributed by atoms with Crippen LogP contribution in [0.2, 0.25) is 0 Å². The molecule has 0 radical (unpaired) electrons. The lowest BCUT2D eigenvalue weighted by Gasteiger charge is -2.43. The molecule has 2 aliphatic heterocycles. The molecule has 150 valence electrons. The standard InChI is InChI=1S/C22H28N2O3S/c1-17-4-6-18(7-5-17)22(25)21(24-10-14-27-15-11-24)20(19-3-2-16-28-19)23-8-12-26-13-9-23/h2-7,16,20-21H,8-15H2,1H3/t20-,21-/m0/s1. The highest BCUT2D eigenvalue weighted by Crippen LogP contribution is 2.34. The molecule has 2 saturated heterocycles. The molecule has 0 aliphatic carbocycles. The SMILES string of the molecule is Cc1ccc(C(=O)[C@H]([C@H](c2cccs2)N2CCOCC2)N2CCOCC2)cc1. The molecule has 0 unspecified atom stereocenters. The topological polar surface area (TPSA) is 42.0 Å². The first-order valence-electron chi connectivity index (χ1n) is 10.0. The summed E-state index contributed by atoms with van der Waals surface area (Å²) in [6.45, 7) is 8.12. The summed E-state index contributed by atoms with van der Waals surface area (Å²) in [4.78, 5) is 19.8. The number of Topliss-reactive ketones (excluding diaryl/α,β-unsaturated/α-hetero) is 1. The minimum atomic E-state index is -0.219. The van der Waals surface area contributed by atoms with Gasteiger partial charge < -0.3 is 9.47 Å². The maximum Gasteiger partial charge on any atom is 0.181 e. The maximum atomic E-state index is 13.8. The number of carbonyl (C=O) groups is 1. The van der Waals surface area contributed by atoms with Crippen molar-refractivity contribution >= 4 is 17.1 Å². The molecule has 2 atom stereocenters. The molecule has 0 bridgehead atoms. The van der Waals surface area contributed by atoms with Crippen molar-refractivity contribution in [1.29, 1.82) is 0 Å². The highest BCUT2D eigenvalue weighted by atomic mass is 32.1. The highest BCUT2D eigenvalue weighted by Gasteiger charge is 2.40. The lowest BCUT2D eigenvalue weighted by Crippen LogP contribution is -2.55. The Bertz CT molecular complexity index is 751. The van der Waals surface area contributed by atoms with E-state index in [0.717, 1.165) is 45.0 Å². The Labute approximate surface area is 170 Å². The minimum Gasteiger partial charge on any atom is -0.379 e. The van der Waals surface area contributed by atoms with Gasteiger partial charge in [-0.05, 0) is 18.4 Å². The van der Waals surface area contributed by atoms with Crippen molar-refractivity contribution in [1.82, 2.24) is 9.80 Å². The van der Waals surface area contributed by atoms with Crippen molar-refractivity contribution < 1.29 is 14.3 Å². The molecule has 1 aromatic carbocycles. The quantitative estimate of drug-likeness (QED) is 0.698. The predicted octanol–water partition coefficient (Wildman–Crippen LogP) is 3.01. The van der Waals surface area contributed by atoms with E-state index in [1.54, 1.807) is 11.3 Å². The summed E-state index contributed by atoms with van der Waals surface area (Å²) in [6, 6.07) is 12.1. The Balaban J connectivity index is 1.72. The van der Waals surface area contributed by atoms with Gasteiger partial charge in [0.15, 0.2) is 5.78 Å². The van der Waals surface area contributed by atoms with Crippen LogP contribution in [-0.2, 0) is 9.47 Å². The fourth-order valence-electron chi connectivity index (χ4n) is 4.10. The summed E-state index contributed by atoms with van der Waals surface area (Å²) >= 11 is 1.74. The van der Waals surface area contributed by atoms with Crippen LogP contribution in [0.5, 0.6) is 0 Å². The molecule has 0 N–H and O–H groups in total. The van der Waals surface area contributed by atoms with E-state index < -0.39 is 0 Å². The van der Waals surface area contributed by atoms with E-state index in [1.165, 1.54) is 10.4 Å². The lowest BCUT2D eigenvalue weighted by molar-refractivity contribution is -0.0294. The summed E-state index contributed by atoms with van der Waals surface area (Å²) in [7, 11) is 0. The Morgan fingerprint density at radius 2 is 1.54 bits per heavy atom. The molecule has 1 aromatic heterocycles. The Hall–Kier alpha value is -1.57. The zero-order valence-electron chi connectivity index (χ0n) is 16.4. The van der Waals surface area contributed by atoms with Gasteiger partial charge in [-0.3, -0.25) is 14.6 Å². The molecular weight excluding hydrogens is 372 g/mol. The average molecular weight is 401 g/mol. The third-order valence-corrected chi connectivity index (χ3v) is 6.56. The molecule has 2 aliphatic rings. The van der Waals surface area contributed by atoms with Gasteiger partial charge in [-0.2, -0.15) is 0 Å². The van der Waals surface area contributed by atoms with Crippen LogP contribution in [0.4, 0.5) is 0 Å². The number of aryl methyl sites for hydroxylation is 1. The number of rotatable bonds is 6. The second-order valence-corrected chi connectivity index (χ2v) is 8.41. The van der Waals surface area contributed by atoms with Crippen molar-refractivity contribution in [2.24, 2.45) is 0 Å². The zero-order chi connectivity index (χ0) is 19.3. The molecule has 0 spiro atoms. The van der Waals surface area contributed by atoms with E-state index >= 15 is 0 Å². The number of carbonyl (C=O) groups excluding carboxylic acids is 1. The second-order valence-electron chi connectivity index (χ2n) is 7.43. The molecule has 28 heavy (non-hydrogen) atoms. The number of nitrogens with zero attached hydrogens (tertiary/aromatic N) is 2. The van der Waals surface area contributed by atoms with Crippen LogP contribution in [0.15, 0.2) is 41.8 Å². The number of hydrogen-bond donors (Lipinski definition) is 0. The van der Waals surface area contributed by atoms with Gasteiger partial charge in [0.25, 0.3) is 0 Å². The number of ether oxygens (including phenoxy) is 2.